The van der Waals surface area contributed by atoms with E-state index in [1.54, 1.807) is 23.5 Å². The molecule has 0 aromatic heterocycles. The molecule has 0 amide bonds. The van der Waals surface area contributed by atoms with Crippen LogP contribution >= 0.6 is 0 Å². The molecule has 0 saturated heterocycles. The topological polar surface area (TPSA) is 63.4 Å². The highest BCUT2D eigenvalue weighted by Gasteiger charge is 2.30. The highest BCUT2D eigenvalue weighted by Crippen LogP contribution is 2.31. The molecular formula is C16H26N2O2S. The van der Waals surface area contributed by atoms with Crippen LogP contribution in [0.15, 0.2) is 17.0 Å². The summed E-state index contributed by atoms with van der Waals surface area (Å²) in [4.78, 5) is 0.309. The minimum atomic E-state index is -3.46. The zero-order chi connectivity index (χ0) is 15.8. The number of hydrogen-bond acceptors (Lipinski definition) is 3. The van der Waals surface area contributed by atoms with Gasteiger partial charge in [0.2, 0.25) is 10.0 Å². The van der Waals surface area contributed by atoms with Crippen LogP contribution in [0.4, 0.5) is 5.69 Å². The molecule has 0 atom stereocenters. The van der Waals surface area contributed by atoms with Gasteiger partial charge in [-0.25, -0.2) is 8.42 Å². The molecule has 1 saturated carbocycles. The predicted octanol–water partition coefficient (Wildman–Crippen LogP) is 3.08. The van der Waals surface area contributed by atoms with E-state index in [0.717, 1.165) is 36.8 Å². The van der Waals surface area contributed by atoms with E-state index in [1.165, 1.54) is 0 Å². The number of nitrogens with zero attached hydrogens (tertiary/aromatic N) is 1. The van der Waals surface area contributed by atoms with Crippen LogP contribution in [0, 0.1) is 19.8 Å². The lowest BCUT2D eigenvalue weighted by atomic mass is 9.87. The molecule has 21 heavy (non-hydrogen) atoms. The molecule has 4 nitrogen and oxygen atoms in total. The van der Waals surface area contributed by atoms with Gasteiger partial charge in [-0.1, -0.05) is 6.92 Å². The molecule has 118 valence electrons. The van der Waals surface area contributed by atoms with E-state index in [2.05, 4.69) is 6.92 Å². The molecule has 1 aliphatic rings. The Labute approximate surface area is 128 Å². The maximum atomic E-state index is 12.8. The van der Waals surface area contributed by atoms with Crippen molar-refractivity contribution in [3.05, 3.63) is 23.3 Å². The van der Waals surface area contributed by atoms with Crippen molar-refractivity contribution in [1.29, 1.82) is 0 Å². The van der Waals surface area contributed by atoms with Gasteiger partial charge in [-0.3, -0.25) is 0 Å². The molecule has 5 heteroatoms. The van der Waals surface area contributed by atoms with E-state index < -0.39 is 10.0 Å². The Kier molecular flexibility index (Phi) is 4.63. The van der Waals surface area contributed by atoms with Crippen LogP contribution in [0.3, 0.4) is 0 Å². The number of nitrogens with two attached hydrogens (primary N) is 1. The highest BCUT2D eigenvalue weighted by atomic mass is 32.2. The fourth-order valence-electron chi connectivity index (χ4n) is 2.97. The summed E-state index contributed by atoms with van der Waals surface area (Å²) in [6, 6.07) is 3.41. The summed E-state index contributed by atoms with van der Waals surface area (Å²) in [6.45, 7) is 6.04. The molecule has 0 radical (unpaired) electrons. The molecule has 2 rings (SSSR count). The first-order chi connectivity index (χ1) is 9.73. The first-order valence-electron chi connectivity index (χ1n) is 7.58. The van der Waals surface area contributed by atoms with Crippen LogP contribution in [0.2, 0.25) is 0 Å². The zero-order valence-corrected chi connectivity index (χ0v) is 14.2. The van der Waals surface area contributed by atoms with E-state index in [4.69, 9.17) is 5.73 Å². The van der Waals surface area contributed by atoms with Gasteiger partial charge in [0.25, 0.3) is 0 Å². The molecule has 1 aliphatic carbocycles. The second kappa shape index (κ2) is 5.97. The summed E-state index contributed by atoms with van der Waals surface area (Å²) in [7, 11) is -1.77. The lowest BCUT2D eigenvalue weighted by Crippen LogP contribution is -2.39. The van der Waals surface area contributed by atoms with Crippen molar-refractivity contribution in [2.45, 2.75) is 57.4 Å². The monoisotopic (exact) mass is 310 g/mol. The van der Waals surface area contributed by atoms with Crippen molar-refractivity contribution in [3.8, 4) is 0 Å². The third-order valence-electron chi connectivity index (χ3n) is 4.86. The van der Waals surface area contributed by atoms with Gasteiger partial charge < -0.3 is 5.73 Å². The number of hydrogen-bond donors (Lipinski definition) is 1. The quantitative estimate of drug-likeness (QED) is 0.873. The van der Waals surface area contributed by atoms with Crippen molar-refractivity contribution in [2.24, 2.45) is 5.92 Å². The molecule has 1 aromatic rings. The molecule has 0 unspecified atom stereocenters. The predicted molar refractivity (Wildman–Crippen MR) is 86.7 cm³/mol. The lowest BCUT2D eigenvalue weighted by Gasteiger charge is -2.33. The van der Waals surface area contributed by atoms with Gasteiger partial charge in [-0.15, -0.1) is 0 Å². The van der Waals surface area contributed by atoms with Gasteiger partial charge >= 0.3 is 0 Å². The van der Waals surface area contributed by atoms with Crippen LogP contribution in [-0.4, -0.2) is 25.8 Å². The van der Waals surface area contributed by atoms with Crippen molar-refractivity contribution in [1.82, 2.24) is 4.31 Å². The minimum absolute atomic E-state index is 0.106. The van der Waals surface area contributed by atoms with Gasteiger partial charge in [0, 0.05) is 18.8 Å². The highest BCUT2D eigenvalue weighted by molar-refractivity contribution is 7.89. The lowest BCUT2D eigenvalue weighted by molar-refractivity contribution is 0.246. The number of anilines is 1. The zero-order valence-electron chi connectivity index (χ0n) is 13.4. The molecule has 0 bridgehead atoms. The van der Waals surface area contributed by atoms with Crippen LogP contribution < -0.4 is 5.73 Å². The Balaban J connectivity index is 2.29. The van der Waals surface area contributed by atoms with Crippen molar-refractivity contribution < 1.29 is 8.42 Å². The molecule has 1 fully saturated rings. The summed E-state index contributed by atoms with van der Waals surface area (Å²) >= 11 is 0. The van der Waals surface area contributed by atoms with Crippen LogP contribution in [0.5, 0.6) is 0 Å². The summed E-state index contributed by atoms with van der Waals surface area (Å²) in [5.41, 5.74) is 8.34. The first kappa shape index (κ1) is 16.3. The number of benzene rings is 1. The van der Waals surface area contributed by atoms with E-state index in [0.29, 0.717) is 16.5 Å². The third kappa shape index (κ3) is 3.24. The second-order valence-electron chi connectivity index (χ2n) is 6.39. The molecular weight excluding hydrogens is 284 g/mol. The minimum Gasteiger partial charge on any atom is -0.398 e. The fourth-order valence-corrected chi connectivity index (χ4v) is 4.51. The van der Waals surface area contributed by atoms with E-state index in [9.17, 15) is 8.42 Å². The second-order valence-corrected chi connectivity index (χ2v) is 8.39. The van der Waals surface area contributed by atoms with Gasteiger partial charge in [0.05, 0.1) is 4.90 Å². The molecule has 2 N–H and O–H groups in total. The number of sulfonamides is 1. The fraction of sp³-hybridized carbons (Fsp3) is 0.625. The van der Waals surface area contributed by atoms with Crippen LogP contribution in [0.25, 0.3) is 0 Å². The molecule has 0 spiro atoms. The average Bonchev–Trinajstić information content (AvgIpc) is 2.44. The van der Waals surface area contributed by atoms with E-state index >= 15 is 0 Å². The number of aryl methyl sites for hydroxylation is 1. The summed E-state index contributed by atoms with van der Waals surface area (Å²) < 4.78 is 27.1. The Hall–Kier alpha value is -1.07. The average molecular weight is 310 g/mol. The maximum Gasteiger partial charge on any atom is 0.243 e. The van der Waals surface area contributed by atoms with E-state index in [1.807, 2.05) is 13.8 Å². The van der Waals surface area contributed by atoms with Gasteiger partial charge in [-0.05, 0) is 68.7 Å². The first-order valence-corrected chi connectivity index (χ1v) is 9.02. The van der Waals surface area contributed by atoms with Gasteiger partial charge in [-0.2, -0.15) is 4.31 Å². The van der Waals surface area contributed by atoms with Gasteiger partial charge in [0.1, 0.15) is 0 Å². The van der Waals surface area contributed by atoms with Crippen molar-refractivity contribution in [2.75, 3.05) is 12.8 Å². The van der Waals surface area contributed by atoms with Crippen LogP contribution in [-0.2, 0) is 10.0 Å². The summed E-state index contributed by atoms with van der Waals surface area (Å²) in [6.07, 6.45) is 4.08. The summed E-state index contributed by atoms with van der Waals surface area (Å²) in [5, 5.41) is 0. The third-order valence-corrected chi connectivity index (χ3v) is 6.75. The molecule has 0 heterocycles. The number of nitrogen functional groups attached to an aromatic ring is 1. The Morgan fingerprint density at radius 2 is 1.71 bits per heavy atom. The normalized spacial score (nSPS) is 23.5. The van der Waals surface area contributed by atoms with Gasteiger partial charge in [0.15, 0.2) is 0 Å². The van der Waals surface area contributed by atoms with E-state index in [-0.39, 0.29) is 6.04 Å². The molecule has 0 aliphatic heterocycles. The SMILES string of the molecule is Cc1cc(S(=O)(=O)N(C)C2CCC(C)CC2)cc(N)c1C. The maximum absolute atomic E-state index is 12.8. The van der Waals surface area contributed by atoms with Crippen LogP contribution in [0.1, 0.15) is 43.7 Å². The molecule has 1 aromatic carbocycles. The smallest absolute Gasteiger partial charge is 0.243 e. The Bertz CT molecular complexity index is 594. The Morgan fingerprint density at radius 1 is 1.14 bits per heavy atom. The Morgan fingerprint density at radius 3 is 2.24 bits per heavy atom. The summed E-state index contributed by atoms with van der Waals surface area (Å²) in [5.74, 6) is 0.703. The van der Waals surface area contributed by atoms with Crippen molar-refractivity contribution >= 4 is 15.7 Å². The largest absolute Gasteiger partial charge is 0.398 e. The standard InChI is InChI=1S/C16H26N2O2S/c1-11-5-7-14(8-6-11)18(4)21(19,20)15-9-12(2)13(3)16(17)10-15/h9-11,14H,5-8,17H2,1-4H3. The number of rotatable bonds is 3. The van der Waals surface area contributed by atoms with Crippen molar-refractivity contribution in [3.63, 3.8) is 0 Å².